The lowest BCUT2D eigenvalue weighted by atomic mass is 10.0. The van der Waals surface area contributed by atoms with Crippen LogP contribution < -0.4 is 19.5 Å². The summed E-state index contributed by atoms with van der Waals surface area (Å²) in [7, 11) is 1.54. The third-order valence-electron chi connectivity index (χ3n) is 5.21. The molecule has 166 valence electrons. The van der Waals surface area contributed by atoms with Crippen LogP contribution in [0.1, 0.15) is 17.0 Å². The zero-order valence-corrected chi connectivity index (χ0v) is 18.1. The Bertz CT molecular complexity index is 1150. The van der Waals surface area contributed by atoms with Crippen LogP contribution >= 0.6 is 0 Å². The lowest BCUT2D eigenvalue weighted by Gasteiger charge is -2.15. The third-order valence-corrected chi connectivity index (χ3v) is 5.21. The average molecular weight is 437 g/mol. The second-order valence-electron chi connectivity index (χ2n) is 7.54. The average Bonchev–Trinajstić information content (AvgIpc) is 3.24. The molecule has 0 spiro atoms. The molecule has 7 nitrogen and oxygen atoms in total. The van der Waals surface area contributed by atoms with Gasteiger partial charge in [-0.2, -0.15) is 0 Å². The fourth-order valence-electron chi connectivity index (χ4n) is 3.62. The van der Waals surface area contributed by atoms with Gasteiger partial charge >= 0.3 is 0 Å². The van der Waals surface area contributed by atoms with Crippen LogP contribution in [0.3, 0.4) is 0 Å². The van der Waals surface area contributed by atoms with Gasteiger partial charge in [0.15, 0.2) is 18.1 Å². The molecule has 1 atom stereocenters. The fourth-order valence-corrected chi connectivity index (χ4v) is 3.62. The zero-order valence-electron chi connectivity index (χ0n) is 18.1. The van der Waals surface area contributed by atoms with Crippen molar-refractivity contribution < 1.29 is 23.4 Å². The predicted molar refractivity (Wildman–Crippen MR) is 117 cm³/mol. The monoisotopic (exact) mass is 437 g/mol. The number of aromatic nitrogens is 2. The number of rotatable bonds is 7. The van der Waals surface area contributed by atoms with E-state index in [0.717, 1.165) is 11.4 Å². The highest BCUT2D eigenvalue weighted by molar-refractivity contribution is 5.77. The molecule has 0 fully saturated rings. The number of nitrogens with one attached hydrogen (secondary N) is 1. The first-order valence-electron chi connectivity index (χ1n) is 10.3. The minimum absolute atomic E-state index is 0.169. The molecule has 1 N–H and O–H groups in total. The Morgan fingerprint density at radius 1 is 1.22 bits per heavy atom. The van der Waals surface area contributed by atoms with E-state index in [9.17, 15) is 9.18 Å². The Kier molecular flexibility index (Phi) is 6.20. The Morgan fingerprint density at radius 3 is 2.78 bits per heavy atom. The van der Waals surface area contributed by atoms with Crippen molar-refractivity contribution in [1.29, 1.82) is 0 Å². The van der Waals surface area contributed by atoms with Gasteiger partial charge in [0.2, 0.25) is 0 Å². The minimum Gasteiger partial charge on any atom is -0.493 e. The number of nitrogens with zero attached hydrogens (tertiary/aromatic N) is 2. The molecule has 3 aromatic rings. The van der Waals surface area contributed by atoms with E-state index in [-0.39, 0.29) is 24.9 Å². The summed E-state index contributed by atoms with van der Waals surface area (Å²) in [6, 6.07) is 10.2. The highest BCUT2D eigenvalue weighted by Gasteiger charge is 2.30. The van der Waals surface area contributed by atoms with Crippen molar-refractivity contribution in [2.24, 2.45) is 0 Å². The first-order valence-corrected chi connectivity index (χ1v) is 10.3. The van der Waals surface area contributed by atoms with Crippen LogP contribution in [0, 0.1) is 19.7 Å². The van der Waals surface area contributed by atoms with E-state index >= 15 is 0 Å². The second-order valence-corrected chi connectivity index (χ2v) is 7.54. The molecule has 0 saturated heterocycles. The van der Waals surface area contributed by atoms with Gasteiger partial charge in [-0.25, -0.2) is 9.37 Å². The van der Waals surface area contributed by atoms with E-state index < -0.39 is 6.10 Å². The standard InChI is InChI=1S/C24H24FN3O4/c1-14-11-26-15(2)23(28-14)17-8-9-19(25)18-10-16(32-24(17)18)12-27-22(29)13-31-21-7-5-4-6-20(21)30-3/h4-9,11,16H,10,12-13H2,1-3H3,(H,27,29)/t16-/m0/s1. The van der Waals surface area contributed by atoms with Crippen LogP contribution in [0.4, 0.5) is 4.39 Å². The Labute approximate surface area is 185 Å². The summed E-state index contributed by atoms with van der Waals surface area (Å²) in [6.45, 7) is 3.76. The van der Waals surface area contributed by atoms with Crippen molar-refractivity contribution >= 4 is 5.91 Å². The summed E-state index contributed by atoms with van der Waals surface area (Å²) in [5.74, 6) is 0.841. The quantitative estimate of drug-likeness (QED) is 0.610. The van der Waals surface area contributed by atoms with Gasteiger partial charge in [0.25, 0.3) is 5.91 Å². The molecule has 0 radical (unpaired) electrons. The van der Waals surface area contributed by atoms with Gasteiger partial charge in [-0.15, -0.1) is 0 Å². The molecular formula is C24H24FN3O4. The number of carbonyl (C=O) groups excluding carboxylic acids is 1. The van der Waals surface area contributed by atoms with E-state index in [4.69, 9.17) is 14.2 Å². The van der Waals surface area contributed by atoms with Crippen molar-refractivity contribution in [2.45, 2.75) is 26.4 Å². The maximum atomic E-state index is 14.5. The summed E-state index contributed by atoms with van der Waals surface area (Å²) < 4.78 is 31.3. The lowest BCUT2D eigenvalue weighted by Crippen LogP contribution is -2.37. The van der Waals surface area contributed by atoms with Crippen LogP contribution in [0.2, 0.25) is 0 Å². The number of aryl methyl sites for hydroxylation is 2. The minimum atomic E-state index is -0.395. The molecule has 0 unspecified atom stereocenters. The van der Waals surface area contributed by atoms with E-state index in [0.29, 0.717) is 40.5 Å². The largest absolute Gasteiger partial charge is 0.493 e. The van der Waals surface area contributed by atoms with Crippen molar-refractivity contribution in [3.63, 3.8) is 0 Å². The van der Waals surface area contributed by atoms with Gasteiger partial charge in [0, 0.05) is 23.7 Å². The Hall–Kier alpha value is -3.68. The molecule has 2 aromatic carbocycles. The number of amides is 1. The molecule has 1 amide bonds. The number of para-hydroxylation sites is 2. The topological polar surface area (TPSA) is 82.6 Å². The molecule has 0 bridgehead atoms. The fraction of sp³-hybridized carbons (Fsp3) is 0.292. The molecule has 1 aliphatic rings. The number of hydrogen-bond acceptors (Lipinski definition) is 6. The molecule has 1 aliphatic heterocycles. The Balaban J connectivity index is 1.40. The third kappa shape index (κ3) is 4.49. The van der Waals surface area contributed by atoms with Gasteiger partial charge in [0.05, 0.1) is 30.7 Å². The van der Waals surface area contributed by atoms with Gasteiger partial charge in [0.1, 0.15) is 17.7 Å². The number of benzene rings is 2. The summed E-state index contributed by atoms with van der Waals surface area (Å²) >= 11 is 0. The van der Waals surface area contributed by atoms with E-state index in [2.05, 4.69) is 15.3 Å². The molecule has 1 aromatic heterocycles. The zero-order chi connectivity index (χ0) is 22.7. The SMILES string of the molecule is COc1ccccc1OCC(=O)NC[C@@H]1Cc2c(F)ccc(-c3nc(C)cnc3C)c2O1. The normalized spacial score (nSPS) is 14.4. The lowest BCUT2D eigenvalue weighted by molar-refractivity contribution is -0.123. The van der Waals surface area contributed by atoms with Crippen LogP contribution in [0.15, 0.2) is 42.6 Å². The van der Waals surface area contributed by atoms with Gasteiger partial charge < -0.3 is 19.5 Å². The number of carbonyl (C=O) groups is 1. The van der Waals surface area contributed by atoms with Gasteiger partial charge in [-0.3, -0.25) is 9.78 Å². The molecular weight excluding hydrogens is 413 g/mol. The number of hydrogen-bond donors (Lipinski definition) is 1. The molecule has 4 rings (SSSR count). The van der Waals surface area contributed by atoms with Crippen molar-refractivity contribution in [1.82, 2.24) is 15.3 Å². The van der Waals surface area contributed by atoms with Gasteiger partial charge in [-0.1, -0.05) is 12.1 Å². The molecule has 0 aliphatic carbocycles. The van der Waals surface area contributed by atoms with Crippen LogP contribution in [0.5, 0.6) is 17.2 Å². The predicted octanol–water partition coefficient (Wildman–Crippen LogP) is 3.41. The Morgan fingerprint density at radius 2 is 2.00 bits per heavy atom. The number of methoxy groups -OCH3 is 1. The van der Waals surface area contributed by atoms with Crippen molar-refractivity contribution in [3.8, 4) is 28.5 Å². The molecule has 32 heavy (non-hydrogen) atoms. The summed E-state index contributed by atoms with van der Waals surface area (Å²) in [4.78, 5) is 21.2. The van der Waals surface area contributed by atoms with Gasteiger partial charge in [-0.05, 0) is 38.1 Å². The highest BCUT2D eigenvalue weighted by Crippen LogP contribution is 2.40. The first-order chi connectivity index (χ1) is 15.5. The summed E-state index contributed by atoms with van der Waals surface area (Å²) in [6.07, 6.45) is 1.64. The second kappa shape index (κ2) is 9.21. The number of halogens is 1. The van der Waals surface area contributed by atoms with Crippen LogP contribution in [-0.2, 0) is 11.2 Å². The summed E-state index contributed by atoms with van der Waals surface area (Å²) in [5.41, 5.74) is 3.34. The van der Waals surface area contributed by atoms with Crippen LogP contribution in [-0.4, -0.2) is 42.2 Å². The molecule has 0 saturated carbocycles. The molecule has 2 heterocycles. The van der Waals surface area contributed by atoms with Crippen LogP contribution in [0.25, 0.3) is 11.3 Å². The summed E-state index contributed by atoms with van der Waals surface area (Å²) in [5, 5.41) is 2.79. The maximum Gasteiger partial charge on any atom is 0.258 e. The number of ether oxygens (including phenoxy) is 3. The van der Waals surface area contributed by atoms with E-state index in [1.165, 1.54) is 13.2 Å². The maximum absolute atomic E-state index is 14.5. The highest BCUT2D eigenvalue weighted by atomic mass is 19.1. The van der Waals surface area contributed by atoms with E-state index in [1.807, 2.05) is 19.9 Å². The van der Waals surface area contributed by atoms with E-state index in [1.54, 1.807) is 30.5 Å². The number of fused-ring (bicyclic) bond motifs is 1. The first kappa shape index (κ1) is 21.5. The van der Waals surface area contributed by atoms with Crippen molar-refractivity contribution in [2.75, 3.05) is 20.3 Å². The molecule has 8 heteroatoms. The smallest absolute Gasteiger partial charge is 0.258 e. The van der Waals surface area contributed by atoms with Crippen molar-refractivity contribution in [3.05, 3.63) is 65.4 Å².